The predicted molar refractivity (Wildman–Crippen MR) is 107 cm³/mol. The van der Waals surface area contributed by atoms with Crippen molar-refractivity contribution in [3.63, 3.8) is 0 Å². The number of ketones is 1. The minimum Gasteiger partial charge on any atom is -0.392 e. The number of aliphatic hydroxyl groups excluding tert-OH is 1. The van der Waals surface area contributed by atoms with E-state index in [1.165, 1.54) is 0 Å². The number of aromatic nitrogens is 2. The molecular formula is C23H24N2O3. The summed E-state index contributed by atoms with van der Waals surface area (Å²) in [5.41, 5.74) is 4.25. The molecule has 144 valence electrons. The molecule has 0 atom stereocenters. The summed E-state index contributed by atoms with van der Waals surface area (Å²) in [6.07, 6.45) is 1.57. The Hall–Kier alpha value is -2.76. The number of aryl methyl sites for hydroxylation is 1. The van der Waals surface area contributed by atoms with Crippen LogP contribution in [0, 0.1) is 6.92 Å². The quantitative estimate of drug-likeness (QED) is 0.728. The van der Waals surface area contributed by atoms with Gasteiger partial charge in [-0.1, -0.05) is 42.0 Å². The molecule has 2 aromatic carbocycles. The summed E-state index contributed by atoms with van der Waals surface area (Å²) >= 11 is 0. The van der Waals surface area contributed by atoms with Gasteiger partial charge in [-0.15, -0.1) is 0 Å². The number of benzene rings is 2. The number of carbonyl (C=O) groups is 1. The van der Waals surface area contributed by atoms with Crippen LogP contribution in [0.15, 0.2) is 54.6 Å². The lowest BCUT2D eigenvalue weighted by molar-refractivity contribution is -0.125. The topological polar surface area (TPSA) is 75.3 Å². The molecule has 28 heavy (non-hydrogen) atoms. The first-order valence-electron chi connectivity index (χ1n) is 9.60. The molecule has 1 aromatic heterocycles. The molecule has 4 rings (SSSR count). The number of rotatable bonds is 4. The highest BCUT2D eigenvalue weighted by atomic mass is 16.3. The molecule has 0 amide bonds. The van der Waals surface area contributed by atoms with Crippen molar-refractivity contribution in [2.45, 2.75) is 44.8 Å². The first-order chi connectivity index (χ1) is 13.5. The molecule has 2 N–H and O–H groups in total. The van der Waals surface area contributed by atoms with Crippen molar-refractivity contribution >= 4 is 5.78 Å². The van der Waals surface area contributed by atoms with E-state index in [1.807, 2.05) is 66.2 Å². The van der Waals surface area contributed by atoms with Gasteiger partial charge < -0.3 is 10.2 Å². The fourth-order valence-electron chi connectivity index (χ4n) is 3.68. The summed E-state index contributed by atoms with van der Waals surface area (Å²) in [7, 11) is 0. The van der Waals surface area contributed by atoms with Gasteiger partial charge in [0.15, 0.2) is 0 Å². The van der Waals surface area contributed by atoms with E-state index in [-0.39, 0.29) is 12.4 Å². The Balaban J connectivity index is 1.81. The van der Waals surface area contributed by atoms with Gasteiger partial charge in [-0.2, -0.15) is 5.10 Å². The third kappa shape index (κ3) is 3.51. The Labute approximate surface area is 164 Å². The highest BCUT2D eigenvalue weighted by molar-refractivity contribution is 5.79. The van der Waals surface area contributed by atoms with Crippen LogP contribution in [0.2, 0.25) is 0 Å². The fraction of sp³-hybridized carbons (Fsp3) is 0.304. The van der Waals surface area contributed by atoms with Gasteiger partial charge in [0.2, 0.25) is 0 Å². The molecule has 0 saturated heterocycles. The van der Waals surface area contributed by atoms with Crippen molar-refractivity contribution in [3.8, 4) is 16.9 Å². The summed E-state index contributed by atoms with van der Waals surface area (Å²) in [5, 5.41) is 25.2. The van der Waals surface area contributed by atoms with Gasteiger partial charge in [0.05, 0.1) is 23.7 Å². The van der Waals surface area contributed by atoms with Crippen molar-refractivity contribution in [2.75, 3.05) is 0 Å². The van der Waals surface area contributed by atoms with E-state index in [0.717, 1.165) is 28.1 Å². The largest absolute Gasteiger partial charge is 0.392 e. The van der Waals surface area contributed by atoms with E-state index in [0.29, 0.717) is 31.4 Å². The molecule has 5 nitrogen and oxygen atoms in total. The first kappa shape index (κ1) is 18.6. The lowest BCUT2D eigenvalue weighted by atomic mass is 9.82. The Morgan fingerprint density at radius 1 is 1.04 bits per heavy atom. The maximum Gasteiger partial charge on any atom is 0.133 e. The summed E-state index contributed by atoms with van der Waals surface area (Å²) in [6.45, 7) is 2.03. The van der Waals surface area contributed by atoms with Crippen LogP contribution in [0.4, 0.5) is 0 Å². The highest BCUT2D eigenvalue weighted by Gasteiger charge is 2.37. The molecule has 1 saturated carbocycles. The number of aliphatic hydroxyl groups is 2. The number of hydrogen-bond acceptors (Lipinski definition) is 4. The molecule has 0 radical (unpaired) electrons. The van der Waals surface area contributed by atoms with E-state index in [1.54, 1.807) is 0 Å². The van der Waals surface area contributed by atoms with E-state index < -0.39 is 5.60 Å². The van der Waals surface area contributed by atoms with Crippen molar-refractivity contribution in [1.29, 1.82) is 0 Å². The number of nitrogens with zero attached hydrogens (tertiary/aromatic N) is 2. The molecule has 0 spiro atoms. The van der Waals surface area contributed by atoms with Crippen LogP contribution in [0.3, 0.4) is 0 Å². The first-order valence-corrected chi connectivity index (χ1v) is 9.60. The van der Waals surface area contributed by atoms with Crippen molar-refractivity contribution in [3.05, 3.63) is 71.4 Å². The predicted octanol–water partition coefficient (Wildman–Crippen LogP) is 3.67. The SMILES string of the molecule is Cc1ccc(-n2nc(C3(O)CCC(=O)CC3)cc2-c2ccc(CO)cc2)cc1. The molecule has 0 bridgehead atoms. The van der Waals surface area contributed by atoms with Gasteiger partial charge in [0.25, 0.3) is 0 Å². The third-order valence-electron chi connectivity index (χ3n) is 5.53. The van der Waals surface area contributed by atoms with Gasteiger partial charge in [-0.25, -0.2) is 4.68 Å². The van der Waals surface area contributed by atoms with E-state index >= 15 is 0 Å². The fourth-order valence-corrected chi connectivity index (χ4v) is 3.68. The Morgan fingerprint density at radius 3 is 2.29 bits per heavy atom. The van der Waals surface area contributed by atoms with Crippen LogP contribution in [0.5, 0.6) is 0 Å². The van der Waals surface area contributed by atoms with Gasteiger partial charge >= 0.3 is 0 Å². The van der Waals surface area contributed by atoms with Crippen LogP contribution in [-0.4, -0.2) is 25.8 Å². The second kappa shape index (κ2) is 7.34. The zero-order valence-corrected chi connectivity index (χ0v) is 15.9. The molecular weight excluding hydrogens is 352 g/mol. The standard InChI is InChI=1S/C23H24N2O3/c1-16-2-8-19(9-3-16)25-21(18-6-4-17(15-26)5-7-18)14-22(24-25)23(28)12-10-20(27)11-13-23/h2-9,14,26,28H,10-13,15H2,1H3. The Kier molecular flexibility index (Phi) is 4.87. The zero-order chi connectivity index (χ0) is 19.7. The Bertz CT molecular complexity index is 978. The van der Waals surface area contributed by atoms with Crippen molar-refractivity contribution in [2.24, 2.45) is 0 Å². The van der Waals surface area contributed by atoms with Gasteiger partial charge in [-0.3, -0.25) is 4.79 Å². The zero-order valence-electron chi connectivity index (χ0n) is 15.9. The second-order valence-corrected chi connectivity index (χ2v) is 7.59. The van der Waals surface area contributed by atoms with Gasteiger partial charge in [-0.05, 0) is 43.5 Å². The lowest BCUT2D eigenvalue weighted by Crippen LogP contribution is -2.32. The molecule has 1 aliphatic carbocycles. The molecule has 1 aliphatic rings. The third-order valence-corrected chi connectivity index (χ3v) is 5.53. The smallest absolute Gasteiger partial charge is 0.133 e. The van der Waals surface area contributed by atoms with Crippen LogP contribution in [0.25, 0.3) is 16.9 Å². The van der Waals surface area contributed by atoms with E-state index in [2.05, 4.69) is 0 Å². The number of carbonyl (C=O) groups excluding carboxylic acids is 1. The number of Topliss-reactive ketones (excluding diaryl/α,β-unsaturated/α-hetero) is 1. The summed E-state index contributed by atoms with van der Waals surface area (Å²) in [4.78, 5) is 11.6. The maximum atomic E-state index is 11.6. The van der Waals surface area contributed by atoms with Crippen molar-refractivity contribution in [1.82, 2.24) is 9.78 Å². The maximum absolute atomic E-state index is 11.6. The summed E-state index contributed by atoms with van der Waals surface area (Å²) < 4.78 is 1.84. The average molecular weight is 376 g/mol. The molecule has 0 unspecified atom stereocenters. The molecule has 0 aliphatic heterocycles. The molecule has 1 heterocycles. The summed E-state index contributed by atoms with van der Waals surface area (Å²) in [6, 6.07) is 17.7. The van der Waals surface area contributed by atoms with Crippen LogP contribution < -0.4 is 0 Å². The van der Waals surface area contributed by atoms with Crippen LogP contribution >= 0.6 is 0 Å². The second-order valence-electron chi connectivity index (χ2n) is 7.59. The van der Waals surface area contributed by atoms with Crippen LogP contribution in [-0.2, 0) is 17.0 Å². The van der Waals surface area contributed by atoms with E-state index in [4.69, 9.17) is 5.10 Å². The van der Waals surface area contributed by atoms with E-state index in [9.17, 15) is 15.0 Å². The van der Waals surface area contributed by atoms with Crippen LogP contribution in [0.1, 0.15) is 42.5 Å². The highest BCUT2D eigenvalue weighted by Crippen LogP contribution is 2.37. The normalized spacial score (nSPS) is 16.3. The summed E-state index contributed by atoms with van der Waals surface area (Å²) in [5.74, 6) is 0.197. The minimum absolute atomic E-state index is 0.00344. The molecule has 1 fully saturated rings. The van der Waals surface area contributed by atoms with Crippen molar-refractivity contribution < 1.29 is 15.0 Å². The number of hydrogen-bond donors (Lipinski definition) is 2. The molecule has 5 heteroatoms. The van der Waals surface area contributed by atoms with Gasteiger partial charge in [0.1, 0.15) is 11.4 Å². The minimum atomic E-state index is -1.08. The Morgan fingerprint density at radius 2 is 1.68 bits per heavy atom. The van der Waals surface area contributed by atoms with Gasteiger partial charge in [0, 0.05) is 18.4 Å². The monoisotopic (exact) mass is 376 g/mol. The molecule has 3 aromatic rings. The lowest BCUT2D eigenvalue weighted by Gasteiger charge is -2.29. The average Bonchev–Trinajstić information content (AvgIpc) is 3.17.